The second kappa shape index (κ2) is 6.04. The van der Waals surface area contributed by atoms with Crippen LogP contribution in [0.25, 0.3) is 5.78 Å². The van der Waals surface area contributed by atoms with Gasteiger partial charge in [-0.1, -0.05) is 0 Å². The van der Waals surface area contributed by atoms with E-state index in [1.165, 1.54) is 0 Å². The molecule has 24 heavy (non-hydrogen) atoms. The van der Waals surface area contributed by atoms with E-state index in [1.54, 1.807) is 35.3 Å². The van der Waals surface area contributed by atoms with E-state index in [4.69, 9.17) is 4.74 Å². The van der Waals surface area contributed by atoms with E-state index < -0.39 is 0 Å². The van der Waals surface area contributed by atoms with Gasteiger partial charge in [0.15, 0.2) is 0 Å². The van der Waals surface area contributed by atoms with Gasteiger partial charge in [-0.15, -0.1) is 0 Å². The number of carbonyl (C=O) groups is 1. The number of rotatable bonds is 3. The summed E-state index contributed by atoms with van der Waals surface area (Å²) < 4.78 is 9.08. The number of carbonyl (C=O) groups excluding carboxylic acids is 1. The monoisotopic (exact) mass is 326 g/mol. The molecule has 1 saturated heterocycles. The maximum absolute atomic E-state index is 12.4. The third-order valence-electron chi connectivity index (χ3n) is 4.30. The highest BCUT2D eigenvalue weighted by atomic mass is 16.5. The Balaban J connectivity index is 1.54. The summed E-state index contributed by atoms with van der Waals surface area (Å²) in [5, 5.41) is 7.33. The van der Waals surface area contributed by atoms with Crippen molar-refractivity contribution in [1.29, 1.82) is 0 Å². The first kappa shape index (κ1) is 14.8. The van der Waals surface area contributed by atoms with E-state index in [2.05, 4.69) is 20.4 Å². The van der Waals surface area contributed by atoms with Crippen molar-refractivity contribution < 1.29 is 9.53 Å². The normalized spacial score (nSPS) is 15.7. The summed E-state index contributed by atoms with van der Waals surface area (Å²) in [7, 11) is 0. The molecule has 8 nitrogen and oxygen atoms in total. The molecule has 4 heterocycles. The zero-order valence-electron chi connectivity index (χ0n) is 13.3. The molecule has 124 valence electrons. The molecule has 0 radical (unpaired) electrons. The van der Waals surface area contributed by atoms with Crippen molar-refractivity contribution in [1.82, 2.24) is 24.1 Å². The molecular formula is C16H18N6O2. The fraction of sp³-hybridized carbons (Fsp3) is 0.375. The zero-order chi connectivity index (χ0) is 16.5. The summed E-state index contributed by atoms with van der Waals surface area (Å²) in [5.74, 6) is 0.229. The van der Waals surface area contributed by atoms with Crippen molar-refractivity contribution in [2.75, 3.05) is 18.5 Å². The van der Waals surface area contributed by atoms with E-state index >= 15 is 0 Å². The number of fused-ring (bicyclic) bond motifs is 1. The van der Waals surface area contributed by atoms with Crippen molar-refractivity contribution in [3.63, 3.8) is 0 Å². The van der Waals surface area contributed by atoms with Gasteiger partial charge >= 0.3 is 0 Å². The van der Waals surface area contributed by atoms with Gasteiger partial charge in [-0.2, -0.15) is 5.10 Å². The van der Waals surface area contributed by atoms with Crippen LogP contribution in [0.4, 0.5) is 5.69 Å². The average molecular weight is 326 g/mol. The first-order valence-electron chi connectivity index (χ1n) is 7.95. The van der Waals surface area contributed by atoms with Crippen molar-refractivity contribution >= 4 is 17.4 Å². The number of anilines is 1. The molecule has 1 aliphatic rings. The van der Waals surface area contributed by atoms with Gasteiger partial charge in [-0.05, 0) is 25.8 Å². The first-order valence-corrected chi connectivity index (χ1v) is 7.95. The van der Waals surface area contributed by atoms with E-state index in [0.29, 0.717) is 23.2 Å². The van der Waals surface area contributed by atoms with Crippen molar-refractivity contribution in [3.8, 4) is 0 Å². The first-order chi connectivity index (χ1) is 11.7. The van der Waals surface area contributed by atoms with Crippen LogP contribution in [0.1, 0.15) is 35.1 Å². The lowest BCUT2D eigenvalue weighted by molar-refractivity contribution is 0.0657. The molecule has 1 N–H and O–H groups in total. The van der Waals surface area contributed by atoms with Gasteiger partial charge in [-0.3, -0.25) is 13.9 Å². The predicted molar refractivity (Wildman–Crippen MR) is 87.0 cm³/mol. The minimum atomic E-state index is -0.268. The van der Waals surface area contributed by atoms with Crippen LogP contribution in [0.3, 0.4) is 0 Å². The van der Waals surface area contributed by atoms with Crippen LogP contribution in [-0.2, 0) is 4.74 Å². The molecule has 3 aromatic heterocycles. The number of aromatic nitrogens is 5. The number of nitrogens with one attached hydrogen (secondary N) is 1. The van der Waals surface area contributed by atoms with E-state index in [1.807, 2.05) is 11.6 Å². The number of amides is 1. The lowest BCUT2D eigenvalue weighted by Crippen LogP contribution is -2.21. The molecule has 1 amide bonds. The smallest absolute Gasteiger partial charge is 0.276 e. The molecule has 4 rings (SSSR count). The van der Waals surface area contributed by atoms with Gasteiger partial charge in [0.2, 0.25) is 5.78 Å². The Morgan fingerprint density at radius 3 is 3.00 bits per heavy atom. The molecule has 0 saturated carbocycles. The van der Waals surface area contributed by atoms with Crippen molar-refractivity contribution in [3.05, 3.63) is 42.2 Å². The Bertz CT molecular complexity index is 845. The Morgan fingerprint density at radius 2 is 2.21 bits per heavy atom. The Labute approximate surface area is 138 Å². The predicted octanol–water partition coefficient (Wildman–Crippen LogP) is 1.84. The summed E-state index contributed by atoms with van der Waals surface area (Å²) in [6.07, 6.45) is 8.68. The second-order valence-electron chi connectivity index (χ2n) is 5.84. The lowest BCUT2D eigenvalue weighted by atomic mass is 10.1. The highest BCUT2D eigenvalue weighted by Gasteiger charge is 2.21. The maximum atomic E-state index is 12.4. The van der Waals surface area contributed by atoms with E-state index in [0.717, 1.165) is 31.7 Å². The quantitative estimate of drug-likeness (QED) is 0.793. The number of nitrogens with zero attached hydrogens (tertiary/aromatic N) is 5. The highest BCUT2D eigenvalue weighted by Crippen LogP contribution is 2.25. The number of hydrogen-bond donors (Lipinski definition) is 1. The van der Waals surface area contributed by atoms with Gasteiger partial charge in [0.1, 0.15) is 5.69 Å². The molecule has 0 bridgehead atoms. The Morgan fingerprint density at radius 1 is 1.38 bits per heavy atom. The van der Waals surface area contributed by atoms with E-state index in [9.17, 15) is 4.79 Å². The molecule has 1 aliphatic heterocycles. The Hall–Kier alpha value is -2.74. The zero-order valence-corrected chi connectivity index (χ0v) is 13.3. The maximum Gasteiger partial charge on any atom is 0.276 e. The number of hydrogen-bond acceptors (Lipinski definition) is 5. The molecule has 0 atom stereocenters. The summed E-state index contributed by atoms with van der Waals surface area (Å²) in [5.41, 5.74) is 1.97. The van der Waals surface area contributed by atoms with Crippen LogP contribution in [0.2, 0.25) is 0 Å². The van der Waals surface area contributed by atoms with Crippen LogP contribution in [-0.4, -0.2) is 43.3 Å². The average Bonchev–Trinajstić information content (AvgIpc) is 3.20. The van der Waals surface area contributed by atoms with Crippen LogP contribution >= 0.6 is 0 Å². The van der Waals surface area contributed by atoms with Crippen LogP contribution in [0, 0.1) is 6.92 Å². The Kier molecular flexibility index (Phi) is 3.73. The largest absolute Gasteiger partial charge is 0.381 e. The summed E-state index contributed by atoms with van der Waals surface area (Å²) in [6.45, 7) is 3.46. The molecule has 3 aromatic rings. The van der Waals surface area contributed by atoms with Gasteiger partial charge in [0.25, 0.3) is 5.91 Å². The molecular weight excluding hydrogens is 308 g/mol. The highest BCUT2D eigenvalue weighted by molar-refractivity contribution is 6.03. The fourth-order valence-corrected chi connectivity index (χ4v) is 2.97. The van der Waals surface area contributed by atoms with E-state index in [-0.39, 0.29) is 5.91 Å². The molecule has 0 aliphatic carbocycles. The van der Waals surface area contributed by atoms with Gasteiger partial charge < -0.3 is 10.1 Å². The van der Waals surface area contributed by atoms with Crippen molar-refractivity contribution in [2.24, 2.45) is 0 Å². The second-order valence-corrected chi connectivity index (χ2v) is 5.84. The van der Waals surface area contributed by atoms with Gasteiger partial charge in [0.05, 0.1) is 23.6 Å². The van der Waals surface area contributed by atoms with Crippen LogP contribution < -0.4 is 5.32 Å². The fourth-order valence-electron chi connectivity index (χ4n) is 2.97. The minimum Gasteiger partial charge on any atom is -0.381 e. The van der Waals surface area contributed by atoms with Crippen molar-refractivity contribution in [2.45, 2.75) is 25.8 Å². The number of imidazole rings is 1. The summed E-state index contributed by atoms with van der Waals surface area (Å²) in [4.78, 5) is 20.8. The number of ether oxygens (including phenoxy) is 1. The third kappa shape index (κ3) is 2.65. The molecule has 0 aromatic carbocycles. The summed E-state index contributed by atoms with van der Waals surface area (Å²) in [6, 6.07) is 2.11. The molecule has 0 spiro atoms. The van der Waals surface area contributed by atoms with Gasteiger partial charge in [-0.25, -0.2) is 9.97 Å². The SMILES string of the molecule is Cc1c(NC(=O)c2cn3cccnc3n2)cnn1C1CCOCC1. The van der Waals surface area contributed by atoms with Gasteiger partial charge in [0, 0.05) is 31.8 Å². The topological polar surface area (TPSA) is 86.3 Å². The molecule has 0 unspecified atom stereocenters. The van der Waals surface area contributed by atoms with Crippen LogP contribution in [0.15, 0.2) is 30.9 Å². The standard InChI is InChI=1S/C16H18N6O2/c1-11-13(9-18-22(11)12-3-7-24-8-4-12)19-15(23)14-10-21-6-2-5-17-16(21)20-14/h2,5-6,9-10,12H,3-4,7-8H2,1H3,(H,19,23). The lowest BCUT2D eigenvalue weighted by Gasteiger charge is -2.23. The molecule has 1 fully saturated rings. The summed E-state index contributed by atoms with van der Waals surface area (Å²) >= 11 is 0. The molecule has 8 heteroatoms. The van der Waals surface area contributed by atoms with Crippen LogP contribution in [0.5, 0.6) is 0 Å². The third-order valence-corrected chi connectivity index (χ3v) is 4.30. The minimum absolute atomic E-state index is 0.268.